The van der Waals surface area contributed by atoms with E-state index in [4.69, 9.17) is 32.2 Å². The quantitative estimate of drug-likeness (QED) is 0.289. The smallest absolute Gasteiger partial charge is 0.407 e. The Morgan fingerprint density at radius 1 is 1.23 bits per heavy atom. The number of nitrogens with one attached hydrogen (secondary N) is 2. The molecule has 188 valence electrons. The van der Waals surface area contributed by atoms with Crippen molar-refractivity contribution in [3.63, 3.8) is 0 Å². The minimum absolute atomic E-state index is 0.00535. The van der Waals surface area contributed by atoms with E-state index in [-0.39, 0.29) is 22.8 Å². The summed E-state index contributed by atoms with van der Waals surface area (Å²) in [5, 5.41) is 15.2. The van der Waals surface area contributed by atoms with Gasteiger partial charge in [-0.1, -0.05) is 31.9 Å². The molecule has 2 aromatic carbocycles. The number of amides is 1. The molecule has 0 heterocycles. The largest absolute Gasteiger partial charge is 0.497 e. The topological polar surface area (TPSA) is 119 Å². The van der Waals surface area contributed by atoms with Gasteiger partial charge in [0.15, 0.2) is 11.6 Å². The van der Waals surface area contributed by atoms with E-state index in [2.05, 4.69) is 36.3 Å². The number of thiocarbonyl (C=S) groups is 1. The van der Waals surface area contributed by atoms with Crippen molar-refractivity contribution in [3.8, 4) is 17.6 Å². The van der Waals surface area contributed by atoms with Gasteiger partial charge in [-0.2, -0.15) is 5.26 Å². The second-order valence-corrected chi connectivity index (χ2v) is 15.1. The number of hydrogen-bond donors (Lipinski definition) is 3. The molecule has 0 saturated heterocycles. The SMILES string of the molecule is COc1cc(OC)c(F)c(C(Nc2ccc(C#N)c(CNC(=O)OCC[Si](C)(C)C)c2)C(N)=S)c1. The zero-order valence-electron chi connectivity index (χ0n) is 20.5. The number of nitriles is 1. The summed E-state index contributed by atoms with van der Waals surface area (Å²) in [6.07, 6.45) is -0.558. The van der Waals surface area contributed by atoms with Crippen molar-refractivity contribution < 1.29 is 23.4 Å². The van der Waals surface area contributed by atoms with Crippen LogP contribution in [0.5, 0.6) is 11.5 Å². The minimum atomic E-state index is -1.32. The van der Waals surface area contributed by atoms with Crippen LogP contribution >= 0.6 is 12.2 Å². The maximum absolute atomic E-state index is 15.0. The van der Waals surface area contributed by atoms with E-state index < -0.39 is 26.0 Å². The summed E-state index contributed by atoms with van der Waals surface area (Å²) >= 11 is 5.19. The van der Waals surface area contributed by atoms with Gasteiger partial charge in [-0.05, 0) is 35.9 Å². The van der Waals surface area contributed by atoms with Gasteiger partial charge in [-0.15, -0.1) is 0 Å². The zero-order valence-corrected chi connectivity index (χ0v) is 22.3. The van der Waals surface area contributed by atoms with Crippen LogP contribution in [0, 0.1) is 17.1 Å². The summed E-state index contributed by atoms with van der Waals surface area (Å²) < 4.78 is 30.6. The first-order valence-corrected chi connectivity index (χ1v) is 15.0. The molecule has 35 heavy (non-hydrogen) atoms. The molecule has 0 aliphatic heterocycles. The van der Waals surface area contributed by atoms with Crippen LogP contribution in [0.1, 0.15) is 22.7 Å². The lowest BCUT2D eigenvalue weighted by Gasteiger charge is -2.22. The van der Waals surface area contributed by atoms with Crippen LogP contribution in [-0.2, 0) is 11.3 Å². The first-order chi connectivity index (χ1) is 16.5. The molecule has 0 aromatic heterocycles. The Bertz CT molecular complexity index is 1120. The second kappa shape index (κ2) is 12.4. The first-order valence-electron chi connectivity index (χ1n) is 10.9. The number of rotatable bonds is 11. The van der Waals surface area contributed by atoms with E-state index in [1.165, 1.54) is 26.4 Å². The monoisotopic (exact) mass is 518 g/mol. The van der Waals surface area contributed by atoms with Gasteiger partial charge < -0.3 is 30.6 Å². The van der Waals surface area contributed by atoms with Crippen LogP contribution in [-0.4, -0.2) is 40.0 Å². The van der Waals surface area contributed by atoms with E-state index in [0.717, 1.165) is 6.04 Å². The van der Waals surface area contributed by atoms with Crippen LogP contribution in [0.25, 0.3) is 0 Å². The van der Waals surface area contributed by atoms with Crippen molar-refractivity contribution in [2.45, 2.75) is 38.3 Å². The molecule has 1 amide bonds. The van der Waals surface area contributed by atoms with E-state index in [0.29, 0.717) is 29.2 Å². The second-order valence-electron chi connectivity index (χ2n) is 9.00. The van der Waals surface area contributed by atoms with Crippen molar-refractivity contribution >= 4 is 37.1 Å². The van der Waals surface area contributed by atoms with Crippen LogP contribution in [0.15, 0.2) is 30.3 Å². The summed E-state index contributed by atoms with van der Waals surface area (Å²) in [7, 11) is 1.48. The van der Waals surface area contributed by atoms with E-state index in [1.807, 2.05) is 0 Å². The van der Waals surface area contributed by atoms with Gasteiger partial charge in [0.2, 0.25) is 0 Å². The number of carbonyl (C=O) groups is 1. The molecule has 0 aliphatic rings. The molecule has 0 radical (unpaired) electrons. The molecule has 11 heteroatoms. The normalized spacial score (nSPS) is 11.7. The summed E-state index contributed by atoms with van der Waals surface area (Å²) in [6, 6.07) is 9.87. The molecule has 0 saturated carbocycles. The molecule has 0 spiro atoms. The standard InChI is InChI=1S/C24H31FN4O4SSi/c1-31-18-11-19(21(25)20(12-18)32-2)22(23(27)34)29-17-7-6-15(13-26)16(10-17)14-28-24(30)33-8-9-35(3,4)5/h6-7,10-12,22,29H,8-9,14H2,1-5H3,(H2,27,34)(H,28,30). The average molecular weight is 519 g/mol. The number of carbonyl (C=O) groups excluding carboxylic acids is 1. The molecule has 0 fully saturated rings. The number of alkyl carbamates (subject to hydrolysis) is 1. The molecule has 0 aliphatic carbocycles. The molecule has 1 unspecified atom stereocenters. The van der Waals surface area contributed by atoms with Crippen LogP contribution in [0.4, 0.5) is 14.9 Å². The molecule has 2 aromatic rings. The highest BCUT2D eigenvalue weighted by molar-refractivity contribution is 7.80. The highest BCUT2D eigenvalue weighted by Crippen LogP contribution is 2.33. The molecule has 2 rings (SSSR count). The third-order valence-electron chi connectivity index (χ3n) is 5.14. The summed E-state index contributed by atoms with van der Waals surface area (Å²) in [6.45, 7) is 7.00. The minimum Gasteiger partial charge on any atom is -0.497 e. The van der Waals surface area contributed by atoms with Gasteiger partial charge in [0.05, 0.1) is 32.5 Å². The Balaban J connectivity index is 2.24. The predicted octanol–water partition coefficient (Wildman–Crippen LogP) is 4.72. The van der Waals surface area contributed by atoms with Gasteiger partial charge in [-0.3, -0.25) is 0 Å². The van der Waals surface area contributed by atoms with Gasteiger partial charge in [0, 0.05) is 31.9 Å². The molecular formula is C24H31FN4O4SSi. The highest BCUT2D eigenvalue weighted by Gasteiger charge is 2.23. The van der Waals surface area contributed by atoms with Crippen molar-refractivity contribution in [3.05, 3.63) is 52.8 Å². The fourth-order valence-corrected chi connectivity index (χ4v) is 4.05. The summed E-state index contributed by atoms with van der Waals surface area (Å²) in [4.78, 5) is 12.1. The van der Waals surface area contributed by atoms with Crippen LogP contribution in [0.3, 0.4) is 0 Å². The molecule has 4 N–H and O–H groups in total. The Labute approximate surface area is 211 Å². The number of ether oxygens (including phenoxy) is 3. The van der Waals surface area contributed by atoms with Crippen LogP contribution < -0.4 is 25.8 Å². The lowest BCUT2D eigenvalue weighted by molar-refractivity contribution is 0.151. The van der Waals surface area contributed by atoms with E-state index >= 15 is 4.39 Å². The highest BCUT2D eigenvalue weighted by atomic mass is 32.1. The average Bonchev–Trinajstić information content (AvgIpc) is 2.80. The first kappa shape index (κ1) is 27.9. The summed E-state index contributed by atoms with van der Waals surface area (Å²) in [5.74, 6) is -0.270. The van der Waals surface area contributed by atoms with Crippen molar-refractivity contribution in [2.24, 2.45) is 5.73 Å². The number of methoxy groups -OCH3 is 2. The Kier molecular flexibility index (Phi) is 9.85. The number of anilines is 1. The predicted molar refractivity (Wildman–Crippen MR) is 140 cm³/mol. The molecule has 1 atom stereocenters. The zero-order chi connectivity index (χ0) is 26.2. The molecule has 0 bridgehead atoms. The van der Waals surface area contributed by atoms with Crippen LogP contribution in [0.2, 0.25) is 25.7 Å². The number of nitrogens with zero attached hydrogens (tertiary/aromatic N) is 1. The number of halogens is 1. The lowest BCUT2D eigenvalue weighted by Crippen LogP contribution is -2.28. The number of hydrogen-bond acceptors (Lipinski definition) is 7. The van der Waals surface area contributed by atoms with E-state index in [1.54, 1.807) is 18.2 Å². The maximum Gasteiger partial charge on any atom is 0.407 e. The maximum atomic E-state index is 15.0. The third kappa shape index (κ3) is 8.12. The van der Waals surface area contributed by atoms with Gasteiger partial charge in [-0.25, -0.2) is 9.18 Å². The van der Waals surface area contributed by atoms with Crippen molar-refractivity contribution in [1.29, 1.82) is 5.26 Å². The van der Waals surface area contributed by atoms with Crippen molar-refractivity contribution in [2.75, 3.05) is 26.1 Å². The Morgan fingerprint density at radius 2 is 1.94 bits per heavy atom. The summed E-state index contributed by atoms with van der Waals surface area (Å²) in [5.41, 5.74) is 7.52. The molecule has 8 nitrogen and oxygen atoms in total. The van der Waals surface area contributed by atoms with Gasteiger partial charge >= 0.3 is 6.09 Å². The van der Waals surface area contributed by atoms with E-state index in [9.17, 15) is 10.1 Å². The fraction of sp³-hybridized carbons (Fsp3) is 0.375. The van der Waals surface area contributed by atoms with Crippen molar-refractivity contribution in [1.82, 2.24) is 5.32 Å². The Morgan fingerprint density at radius 3 is 2.51 bits per heavy atom. The lowest BCUT2D eigenvalue weighted by atomic mass is 10.0. The number of benzene rings is 2. The van der Waals surface area contributed by atoms with Gasteiger partial charge in [0.1, 0.15) is 16.8 Å². The third-order valence-corrected chi connectivity index (χ3v) is 7.08. The fourth-order valence-electron chi connectivity index (χ4n) is 3.15. The Hall–Kier alpha value is -3.36. The number of nitrogens with two attached hydrogens (primary N) is 1. The van der Waals surface area contributed by atoms with Gasteiger partial charge in [0.25, 0.3) is 0 Å². The molecular weight excluding hydrogens is 487 g/mol.